The first-order chi connectivity index (χ1) is 13.3. The fraction of sp³-hybridized carbons (Fsp3) is 0.440. The van der Waals surface area contributed by atoms with Gasteiger partial charge in [0.05, 0.1) is 0 Å². The first-order valence-corrected chi connectivity index (χ1v) is 10.6. The maximum atomic E-state index is 2.66. The minimum Gasteiger partial charge on any atom is -0.369 e. The summed E-state index contributed by atoms with van der Waals surface area (Å²) >= 11 is 0. The van der Waals surface area contributed by atoms with E-state index in [1.807, 2.05) is 0 Å². The van der Waals surface area contributed by atoms with Gasteiger partial charge in [0.25, 0.3) is 0 Å². The van der Waals surface area contributed by atoms with Crippen molar-refractivity contribution < 1.29 is 0 Å². The molecule has 1 fully saturated rings. The number of allylic oxidation sites excluding steroid dienone is 6. The molecule has 2 atom stereocenters. The van der Waals surface area contributed by atoms with Crippen LogP contribution >= 0.6 is 0 Å². The van der Waals surface area contributed by atoms with Crippen LogP contribution in [0.4, 0.5) is 0 Å². The zero-order valence-electron chi connectivity index (χ0n) is 16.6. The highest BCUT2D eigenvalue weighted by Gasteiger charge is 2.25. The second-order valence-corrected chi connectivity index (χ2v) is 8.17. The Bertz CT molecular complexity index is 733. The summed E-state index contributed by atoms with van der Waals surface area (Å²) in [6.07, 6.45) is 17.4. The highest BCUT2D eigenvalue weighted by Crippen LogP contribution is 2.36. The average Bonchev–Trinajstić information content (AvgIpc) is 2.99. The van der Waals surface area contributed by atoms with Crippen molar-refractivity contribution in [3.05, 3.63) is 83.6 Å². The zero-order valence-corrected chi connectivity index (χ0v) is 16.6. The number of benzene rings is 1. The molecule has 2 nitrogen and oxygen atoms in total. The lowest BCUT2D eigenvalue weighted by molar-refractivity contribution is 0.169. The summed E-state index contributed by atoms with van der Waals surface area (Å²) in [5, 5.41) is 0. The Hall–Kier alpha value is -2.06. The van der Waals surface area contributed by atoms with Crippen molar-refractivity contribution in [1.82, 2.24) is 9.80 Å². The van der Waals surface area contributed by atoms with Crippen LogP contribution in [0, 0.1) is 5.92 Å². The van der Waals surface area contributed by atoms with Crippen molar-refractivity contribution in [3.8, 4) is 0 Å². The van der Waals surface area contributed by atoms with E-state index in [9.17, 15) is 0 Å². The molecule has 1 aromatic carbocycles. The van der Waals surface area contributed by atoms with Gasteiger partial charge >= 0.3 is 0 Å². The average molecular weight is 361 g/mol. The molecule has 0 radical (unpaired) electrons. The van der Waals surface area contributed by atoms with E-state index in [2.05, 4.69) is 83.5 Å². The molecular formula is C25H32N2. The van der Waals surface area contributed by atoms with Gasteiger partial charge in [0, 0.05) is 44.3 Å². The minimum atomic E-state index is 0.610. The van der Waals surface area contributed by atoms with Crippen molar-refractivity contribution in [2.24, 2.45) is 5.92 Å². The summed E-state index contributed by atoms with van der Waals surface area (Å²) < 4.78 is 0. The standard InChI is InChI=1S/C25H32N2/c1-21-13-14-25(22-9-5-4-6-10-22)23(19-21)20-26-15-17-27(18-16-26)24-11-7-2-3-8-12-24/h2-7,9-12,19,21,25H,8,13-18,20H2,1H3. The van der Waals surface area contributed by atoms with Crippen LogP contribution in [0.3, 0.4) is 0 Å². The highest BCUT2D eigenvalue weighted by atomic mass is 15.3. The lowest BCUT2D eigenvalue weighted by Crippen LogP contribution is -2.46. The third-order valence-corrected chi connectivity index (χ3v) is 6.18. The SMILES string of the molecule is CC1C=C(CN2CCN(C3=CCC=CC=C3)CC2)C(c2ccccc2)CC1. The molecule has 3 aliphatic rings. The molecule has 1 aromatic rings. The van der Waals surface area contributed by atoms with Gasteiger partial charge < -0.3 is 4.90 Å². The summed E-state index contributed by atoms with van der Waals surface area (Å²) in [4.78, 5) is 5.21. The Morgan fingerprint density at radius 3 is 2.59 bits per heavy atom. The van der Waals surface area contributed by atoms with Crippen molar-refractivity contribution in [3.63, 3.8) is 0 Å². The lowest BCUT2D eigenvalue weighted by Gasteiger charge is -2.39. The van der Waals surface area contributed by atoms with E-state index in [0.29, 0.717) is 5.92 Å². The maximum Gasteiger partial charge on any atom is 0.0329 e. The predicted octanol–water partition coefficient (Wildman–Crippen LogP) is 5.14. The van der Waals surface area contributed by atoms with Crippen LogP contribution in [0.1, 0.15) is 37.7 Å². The molecule has 0 N–H and O–H groups in total. The van der Waals surface area contributed by atoms with E-state index < -0.39 is 0 Å². The number of hydrogen-bond donors (Lipinski definition) is 0. The fourth-order valence-electron chi connectivity index (χ4n) is 4.63. The van der Waals surface area contributed by atoms with Crippen LogP contribution in [-0.4, -0.2) is 42.5 Å². The minimum absolute atomic E-state index is 0.610. The van der Waals surface area contributed by atoms with Gasteiger partial charge in [-0.25, -0.2) is 0 Å². The second-order valence-electron chi connectivity index (χ2n) is 8.17. The summed E-state index contributed by atoms with van der Waals surface area (Å²) in [6.45, 7) is 8.09. The molecule has 2 heteroatoms. The van der Waals surface area contributed by atoms with Crippen molar-refractivity contribution in [1.29, 1.82) is 0 Å². The quantitative estimate of drug-likeness (QED) is 0.686. The Morgan fingerprint density at radius 1 is 0.963 bits per heavy atom. The molecule has 2 aliphatic carbocycles. The third-order valence-electron chi connectivity index (χ3n) is 6.18. The van der Waals surface area contributed by atoms with Gasteiger partial charge in [0.1, 0.15) is 0 Å². The molecule has 0 amide bonds. The van der Waals surface area contributed by atoms with Crippen LogP contribution in [0.5, 0.6) is 0 Å². The molecule has 0 aromatic heterocycles. The Balaban J connectivity index is 1.39. The van der Waals surface area contributed by atoms with E-state index in [-0.39, 0.29) is 0 Å². The van der Waals surface area contributed by atoms with E-state index in [1.165, 1.54) is 24.1 Å². The summed E-state index contributed by atoms with van der Waals surface area (Å²) in [7, 11) is 0. The van der Waals surface area contributed by atoms with Gasteiger partial charge in [0.15, 0.2) is 0 Å². The van der Waals surface area contributed by atoms with E-state index >= 15 is 0 Å². The normalized spacial score (nSPS) is 26.5. The molecule has 1 aliphatic heterocycles. The van der Waals surface area contributed by atoms with Gasteiger partial charge in [-0.05, 0) is 36.8 Å². The van der Waals surface area contributed by atoms with Crippen LogP contribution in [0.15, 0.2) is 78.1 Å². The molecule has 0 bridgehead atoms. The van der Waals surface area contributed by atoms with E-state index in [4.69, 9.17) is 0 Å². The van der Waals surface area contributed by atoms with Crippen molar-refractivity contribution in [2.45, 2.75) is 32.1 Å². The van der Waals surface area contributed by atoms with Gasteiger partial charge in [-0.2, -0.15) is 0 Å². The lowest BCUT2D eigenvalue weighted by atomic mass is 9.79. The van der Waals surface area contributed by atoms with Crippen LogP contribution in [0.25, 0.3) is 0 Å². The van der Waals surface area contributed by atoms with Gasteiger partial charge in [-0.15, -0.1) is 0 Å². The molecule has 0 spiro atoms. The van der Waals surface area contributed by atoms with Gasteiger partial charge in [0.2, 0.25) is 0 Å². The smallest absolute Gasteiger partial charge is 0.0329 e. The molecule has 142 valence electrons. The number of piperazine rings is 1. The molecular weight excluding hydrogens is 328 g/mol. The topological polar surface area (TPSA) is 6.48 Å². The highest BCUT2D eigenvalue weighted by molar-refractivity contribution is 5.32. The van der Waals surface area contributed by atoms with Crippen molar-refractivity contribution >= 4 is 0 Å². The molecule has 4 rings (SSSR count). The van der Waals surface area contributed by atoms with Gasteiger partial charge in [-0.1, -0.05) is 73.2 Å². The first-order valence-electron chi connectivity index (χ1n) is 10.6. The Labute approximate surface area is 164 Å². The largest absolute Gasteiger partial charge is 0.369 e. The number of rotatable bonds is 4. The molecule has 0 saturated carbocycles. The van der Waals surface area contributed by atoms with Crippen LogP contribution < -0.4 is 0 Å². The molecule has 1 saturated heterocycles. The van der Waals surface area contributed by atoms with Crippen LogP contribution in [-0.2, 0) is 0 Å². The summed E-state index contributed by atoms with van der Waals surface area (Å²) in [5.41, 5.74) is 4.54. The molecule has 1 heterocycles. The molecule has 27 heavy (non-hydrogen) atoms. The van der Waals surface area contributed by atoms with E-state index in [0.717, 1.165) is 45.1 Å². The van der Waals surface area contributed by atoms with Crippen molar-refractivity contribution in [2.75, 3.05) is 32.7 Å². The number of hydrogen-bond acceptors (Lipinski definition) is 2. The first kappa shape index (κ1) is 18.3. The number of nitrogens with zero attached hydrogens (tertiary/aromatic N) is 2. The Kier molecular flexibility index (Phi) is 5.94. The fourth-order valence-corrected chi connectivity index (χ4v) is 4.63. The second kappa shape index (κ2) is 8.75. The molecule has 2 unspecified atom stereocenters. The zero-order chi connectivity index (χ0) is 18.5. The maximum absolute atomic E-state index is 2.66. The monoisotopic (exact) mass is 360 g/mol. The van der Waals surface area contributed by atoms with E-state index in [1.54, 1.807) is 5.57 Å². The summed E-state index contributed by atoms with van der Waals surface area (Å²) in [5.74, 6) is 1.33. The third kappa shape index (κ3) is 4.62. The summed E-state index contributed by atoms with van der Waals surface area (Å²) in [6, 6.07) is 11.1. The Morgan fingerprint density at radius 2 is 1.78 bits per heavy atom. The van der Waals surface area contributed by atoms with Gasteiger partial charge in [-0.3, -0.25) is 4.90 Å². The predicted molar refractivity (Wildman–Crippen MR) is 115 cm³/mol. The van der Waals surface area contributed by atoms with Crippen LogP contribution in [0.2, 0.25) is 0 Å².